The molecule has 0 aliphatic rings. The molecule has 1 aromatic heterocycles. The molecular formula is C12H10FNO3S. The second-order valence-corrected chi connectivity index (χ2v) is 5.71. The van der Waals surface area contributed by atoms with Crippen molar-refractivity contribution in [3.63, 3.8) is 0 Å². The number of rotatable bonds is 4. The zero-order valence-corrected chi connectivity index (χ0v) is 10.1. The molecule has 6 heteroatoms. The fraction of sp³-hybridized carbons (Fsp3) is 0.0833. The number of hydrogen-bond donors (Lipinski definition) is 1. The van der Waals surface area contributed by atoms with Crippen molar-refractivity contribution in [2.45, 2.75) is 4.90 Å². The van der Waals surface area contributed by atoms with Crippen LogP contribution in [-0.2, 0) is 9.84 Å². The zero-order valence-electron chi connectivity index (χ0n) is 9.26. The Morgan fingerprint density at radius 2 is 2.00 bits per heavy atom. The van der Waals surface area contributed by atoms with Gasteiger partial charge in [-0.25, -0.2) is 12.8 Å². The fourth-order valence-electron chi connectivity index (χ4n) is 1.50. The van der Waals surface area contributed by atoms with Crippen LogP contribution in [0.5, 0.6) is 0 Å². The van der Waals surface area contributed by atoms with Crippen molar-refractivity contribution in [2.75, 3.05) is 5.75 Å². The summed E-state index contributed by atoms with van der Waals surface area (Å²) in [5.74, 6) is -1.88. The quantitative estimate of drug-likeness (QED) is 0.859. The lowest BCUT2D eigenvalue weighted by molar-refractivity contribution is 0.101. The van der Waals surface area contributed by atoms with E-state index in [-0.39, 0.29) is 10.6 Å². The summed E-state index contributed by atoms with van der Waals surface area (Å²) in [5.41, 5.74) is 0.218. The van der Waals surface area contributed by atoms with Crippen LogP contribution in [0.2, 0.25) is 0 Å². The number of carbonyl (C=O) groups excluding carboxylic acids is 1. The first-order valence-corrected chi connectivity index (χ1v) is 6.79. The number of benzene rings is 1. The molecule has 0 amide bonds. The molecule has 2 aromatic rings. The van der Waals surface area contributed by atoms with Crippen LogP contribution in [0.15, 0.2) is 47.5 Å². The minimum absolute atomic E-state index is 0.192. The number of hydrogen-bond acceptors (Lipinski definition) is 3. The van der Waals surface area contributed by atoms with Crippen LogP contribution < -0.4 is 0 Å². The molecule has 2 rings (SSSR count). The lowest BCUT2D eigenvalue weighted by Gasteiger charge is -2.03. The summed E-state index contributed by atoms with van der Waals surface area (Å²) in [6.45, 7) is 0. The molecule has 4 nitrogen and oxygen atoms in total. The second-order valence-electron chi connectivity index (χ2n) is 3.72. The summed E-state index contributed by atoms with van der Waals surface area (Å²) >= 11 is 0. The number of H-pyrrole nitrogens is 1. The molecule has 0 aliphatic heterocycles. The van der Waals surface area contributed by atoms with Crippen LogP contribution in [0.25, 0.3) is 0 Å². The maximum Gasteiger partial charge on any atom is 0.194 e. The predicted octanol–water partition coefficient (Wildman–Crippen LogP) is 1.81. The lowest BCUT2D eigenvalue weighted by atomic mass is 10.3. The second kappa shape index (κ2) is 4.73. The lowest BCUT2D eigenvalue weighted by Crippen LogP contribution is -2.16. The molecule has 0 atom stereocenters. The zero-order chi connectivity index (χ0) is 13.2. The highest BCUT2D eigenvalue weighted by molar-refractivity contribution is 7.92. The highest BCUT2D eigenvalue weighted by Crippen LogP contribution is 2.13. The Bertz CT molecular complexity index is 662. The average molecular weight is 267 g/mol. The Kier molecular flexibility index (Phi) is 3.29. The van der Waals surface area contributed by atoms with Gasteiger partial charge in [-0.1, -0.05) is 6.07 Å². The number of ketones is 1. The van der Waals surface area contributed by atoms with Crippen LogP contribution in [0.3, 0.4) is 0 Å². The number of halogens is 1. The van der Waals surface area contributed by atoms with E-state index in [1.807, 2.05) is 0 Å². The number of carbonyl (C=O) groups is 1. The molecule has 1 aromatic carbocycles. The molecule has 1 N–H and O–H groups in total. The first-order valence-electron chi connectivity index (χ1n) is 5.14. The van der Waals surface area contributed by atoms with Gasteiger partial charge in [-0.05, 0) is 30.3 Å². The van der Waals surface area contributed by atoms with Crippen molar-refractivity contribution in [3.8, 4) is 0 Å². The third-order valence-corrected chi connectivity index (χ3v) is 3.99. The van der Waals surface area contributed by atoms with Crippen molar-refractivity contribution >= 4 is 15.6 Å². The van der Waals surface area contributed by atoms with Crippen LogP contribution >= 0.6 is 0 Å². The van der Waals surface area contributed by atoms with Gasteiger partial charge >= 0.3 is 0 Å². The molecule has 0 bridgehead atoms. The summed E-state index contributed by atoms with van der Waals surface area (Å²) < 4.78 is 36.7. The molecule has 1 heterocycles. The summed E-state index contributed by atoms with van der Waals surface area (Å²) in [7, 11) is -3.82. The fourth-order valence-corrected chi connectivity index (χ4v) is 2.74. The largest absolute Gasteiger partial charge is 0.359 e. The SMILES string of the molecule is O=C(CS(=O)(=O)c1cccc(F)c1)c1ccc[nH]1. The van der Waals surface area contributed by atoms with Crippen molar-refractivity contribution in [1.29, 1.82) is 0 Å². The van der Waals surface area contributed by atoms with Gasteiger partial charge in [0, 0.05) is 6.20 Å². The molecule has 18 heavy (non-hydrogen) atoms. The Balaban J connectivity index is 2.25. The molecule has 0 unspecified atom stereocenters. The highest BCUT2D eigenvalue weighted by Gasteiger charge is 2.21. The van der Waals surface area contributed by atoms with Gasteiger partial charge in [-0.3, -0.25) is 4.79 Å². The summed E-state index contributed by atoms with van der Waals surface area (Å²) in [5, 5.41) is 0. The number of sulfone groups is 1. The third-order valence-electron chi connectivity index (χ3n) is 2.37. The van der Waals surface area contributed by atoms with Gasteiger partial charge < -0.3 is 4.98 Å². The first-order chi connectivity index (χ1) is 8.49. The number of nitrogens with one attached hydrogen (secondary N) is 1. The Morgan fingerprint density at radius 3 is 2.61 bits per heavy atom. The predicted molar refractivity (Wildman–Crippen MR) is 63.6 cm³/mol. The number of Topliss-reactive ketones (excluding diaryl/α,β-unsaturated/α-hetero) is 1. The first kappa shape index (κ1) is 12.5. The van der Waals surface area contributed by atoms with Crippen molar-refractivity contribution in [2.24, 2.45) is 0 Å². The van der Waals surface area contributed by atoms with Crippen LogP contribution in [-0.4, -0.2) is 24.9 Å². The van der Waals surface area contributed by atoms with E-state index >= 15 is 0 Å². The van der Waals surface area contributed by atoms with Gasteiger partial charge in [0.05, 0.1) is 10.6 Å². The van der Waals surface area contributed by atoms with E-state index in [9.17, 15) is 17.6 Å². The van der Waals surface area contributed by atoms with E-state index in [2.05, 4.69) is 4.98 Å². The van der Waals surface area contributed by atoms with Crippen LogP contribution in [0, 0.1) is 5.82 Å². The van der Waals surface area contributed by atoms with E-state index in [1.54, 1.807) is 6.07 Å². The van der Waals surface area contributed by atoms with Crippen molar-refractivity contribution in [1.82, 2.24) is 4.98 Å². The Morgan fingerprint density at radius 1 is 1.22 bits per heavy atom. The van der Waals surface area contributed by atoms with Gasteiger partial charge in [0.1, 0.15) is 11.6 Å². The average Bonchev–Trinajstić information content (AvgIpc) is 2.82. The summed E-state index contributed by atoms with van der Waals surface area (Å²) in [6.07, 6.45) is 1.53. The number of aromatic amines is 1. The van der Waals surface area contributed by atoms with Gasteiger partial charge in [0.15, 0.2) is 15.6 Å². The molecule has 94 valence electrons. The van der Waals surface area contributed by atoms with Gasteiger partial charge in [0.2, 0.25) is 0 Å². The van der Waals surface area contributed by atoms with E-state index in [4.69, 9.17) is 0 Å². The normalized spacial score (nSPS) is 11.4. The Hall–Kier alpha value is -1.95. The summed E-state index contributed by atoms with van der Waals surface area (Å²) in [4.78, 5) is 14.1. The number of aromatic nitrogens is 1. The van der Waals surface area contributed by atoms with Crippen molar-refractivity contribution < 1.29 is 17.6 Å². The molecule has 0 spiro atoms. The standard InChI is InChI=1S/C12H10FNO3S/c13-9-3-1-4-10(7-9)18(16,17)8-12(15)11-5-2-6-14-11/h1-7,14H,8H2. The molecule has 0 fully saturated rings. The van der Waals surface area contributed by atoms with E-state index in [0.29, 0.717) is 0 Å². The maximum absolute atomic E-state index is 13.0. The maximum atomic E-state index is 13.0. The van der Waals surface area contributed by atoms with Crippen LogP contribution in [0.4, 0.5) is 4.39 Å². The summed E-state index contributed by atoms with van der Waals surface area (Å²) in [6, 6.07) is 7.69. The van der Waals surface area contributed by atoms with Gasteiger partial charge in [0.25, 0.3) is 0 Å². The Labute approximate surface area is 103 Å². The topological polar surface area (TPSA) is 67.0 Å². The molecule has 0 saturated heterocycles. The highest BCUT2D eigenvalue weighted by atomic mass is 32.2. The van der Waals surface area contributed by atoms with Crippen LogP contribution in [0.1, 0.15) is 10.5 Å². The van der Waals surface area contributed by atoms with E-state index < -0.39 is 27.2 Å². The molecular weight excluding hydrogens is 257 g/mol. The van der Waals surface area contributed by atoms with E-state index in [1.165, 1.54) is 24.4 Å². The van der Waals surface area contributed by atoms with E-state index in [0.717, 1.165) is 12.1 Å². The van der Waals surface area contributed by atoms with Gasteiger partial charge in [-0.2, -0.15) is 0 Å². The minimum Gasteiger partial charge on any atom is -0.359 e. The van der Waals surface area contributed by atoms with Gasteiger partial charge in [-0.15, -0.1) is 0 Å². The third kappa shape index (κ3) is 2.65. The van der Waals surface area contributed by atoms with Crippen molar-refractivity contribution in [3.05, 3.63) is 54.1 Å². The minimum atomic E-state index is -3.82. The molecule has 0 radical (unpaired) electrons. The molecule has 0 aliphatic carbocycles. The monoisotopic (exact) mass is 267 g/mol. The smallest absolute Gasteiger partial charge is 0.194 e. The molecule has 0 saturated carbocycles.